The molecule has 1 aromatic heterocycles. The number of hydrogen-bond acceptors (Lipinski definition) is 5. The Bertz CT molecular complexity index is 602. The van der Waals surface area contributed by atoms with Crippen LogP contribution in [0.5, 0.6) is 0 Å². The van der Waals surface area contributed by atoms with E-state index in [2.05, 4.69) is 22.4 Å². The molecule has 0 radical (unpaired) electrons. The Morgan fingerprint density at radius 2 is 2.00 bits per heavy atom. The van der Waals surface area contributed by atoms with Crippen molar-refractivity contribution in [3.05, 3.63) is 23.8 Å². The fourth-order valence-electron chi connectivity index (χ4n) is 1.80. The second kappa shape index (κ2) is 7.07. The lowest BCUT2D eigenvalue weighted by Gasteiger charge is -2.08. The highest BCUT2D eigenvalue weighted by Gasteiger charge is 2.15. The summed E-state index contributed by atoms with van der Waals surface area (Å²) in [6.07, 6.45) is 2.04. The summed E-state index contributed by atoms with van der Waals surface area (Å²) < 4.78 is 33.3. The number of halogens is 2. The maximum Gasteiger partial charge on any atom is 0.184 e. The highest BCUT2D eigenvalue weighted by Crippen LogP contribution is 2.25. The molecule has 6 nitrogen and oxygen atoms in total. The van der Waals surface area contributed by atoms with Gasteiger partial charge in [-0.25, -0.2) is 13.5 Å². The quantitative estimate of drug-likeness (QED) is 0.625. The first kappa shape index (κ1) is 15.3. The Balaban J connectivity index is 2.11. The van der Waals surface area contributed by atoms with Crippen molar-refractivity contribution < 1.29 is 13.5 Å². The van der Waals surface area contributed by atoms with E-state index in [4.69, 9.17) is 10.5 Å². The molecule has 0 unspecified atom stereocenters. The predicted octanol–water partition coefficient (Wildman–Crippen LogP) is 2.02. The monoisotopic (exact) mass is 297 g/mol. The summed E-state index contributed by atoms with van der Waals surface area (Å²) in [5.74, 6) is -1.71. The Labute approximate surface area is 120 Å². The first-order chi connectivity index (χ1) is 10.1. The number of unbranched alkanes of at least 4 members (excludes halogenated alkanes) is 1. The molecule has 0 amide bonds. The number of hydrogen-bond donors (Lipinski definition) is 1. The van der Waals surface area contributed by atoms with Crippen LogP contribution in [0.4, 0.5) is 14.5 Å². The van der Waals surface area contributed by atoms with Crippen LogP contribution in [-0.2, 0) is 11.3 Å². The number of tetrazole rings is 1. The van der Waals surface area contributed by atoms with Gasteiger partial charge in [-0.3, -0.25) is 0 Å². The molecule has 0 atom stereocenters. The molecule has 1 aromatic carbocycles. The van der Waals surface area contributed by atoms with Gasteiger partial charge in [0.15, 0.2) is 17.5 Å². The highest BCUT2D eigenvalue weighted by atomic mass is 19.2. The Morgan fingerprint density at radius 1 is 1.24 bits per heavy atom. The molecule has 0 spiro atoms. The fourth-order valence-corrected chi connectivity index (χ4v) is 1.80. The standard InChI is InChI=1S/C13H17F2N5O/c1-2-3-5-21-6-4-20-13(17-18-19-20)9-7-10(14)11(15)8-12(9)16/h7-8H,2-6,16H2,1H3. The average molecular weight is 297 g/mol. The second-order valence-corrected chi connectivity index (χ2v) is 4.55. The third-order valence-electron chi connectivity index (χ3n) is 2.95. The average Bonchev–Trinajstić information content (AvgIpc) is 2.91. The summed E-state index contributed by atoms with van der Waals surface area (Å²) in [5, 5.41) is 11.2. The highest BCUT2D eigenvalue weighted by molar-refractivity contribution is 5.71. The minimum absolute atomic E-state index is 0.0804. The summed E-state index contributed by atoms with van der Waals surface area (Å²) in [6, 6.07) is 1.91. The number of nitrogens with two attached hydrogens (primary N) is 1. The van der Waals surface area contributed by atoms with Gasteiger partial charge in [0.1, 0.15) is 0 Å². The number of nitrogen functional groups attached to an aromatic ring is 1. The zero-order valence-corrected chi connectivity index (χ0v) is 11.7. The van der Waals surface area contributed by atoms with E-state index in [1.54, 1.807) is 0 Å². The van der Waals surface area contributed by atoms with E-state index in [-0.39, 0.29) is 17.1 Å². The maximum absolute atomic E-state index is 13.3. The van der Waals surface area contributed by atoms with Crippen molar-refractivity contribution in [1.29, 1.82) is 0 Å². The van der Waals surface area contributed by atoms with Gasteiger partial charge in [-0.2, -0.15) is 0 Å². The number of rotatable bonds is 7. The Kier molecular flexibility index (Phi) is 5.15. The molecular formula is C13H17F2N5O. The van der Waals surface area contributed by atoms with Crippen molar-refractivity contribution in [3.8, 4) is 11.4 Å². The van der Waals surface area contributed by atoms with Crippen LogP contribution in [0.15, 0.2) is 12.1 Å². The van der Waals surface area contributed by atoms with E-state index < -0.39 is 11.6 Å². The van der Waals surface area contributed by atoms with Gasteiger partial charge in [0.2, 0.25) is 0 Å². The lowest BCUT2D eigenvalue weighted by Crippen LogP contribution is -2.10. The van der Waals surface area contributed by atoms with Gasteiger partial charge < -0.3 is 10.5 Å². The SMILES string of the molecule is CCCCOCCn1nnnc1-c1cc(F)c(F)cc1N. The van der Waals surface area contributed by atoms with E-state index in [9.17, 15) is 8.78 Å². The summed E-state index contributed by atoms with van der Waals surface area (Å²) in [6.45, 7) is 3.59. The van der Waals surface area contributed by atoms with Crippen LogP contribution >= 0.6 is 0 Å². The Hall–Kier alpha value is -2.09. The number of anilines is 1. The molecule has 2 N–H and O–H groups in total. The number of aromatic nitrogens is 4. The smallest absolute Gasteiger partial charge is 0.184 e. The second-order valence-electron chi connectivity index (χ2n) is 4.55. The van der Waals surface area contributed by atoms with Crippen molar-refractivity contribution in [2.45, 2.75) is 26.3 Å². The summed E-state index contributed by atoms with van der Waals surface area (Å²) in [4.78, 5) is 0. The van der Waals surface area contributed by atoms with Crippen LogP contribution < -0.4 is 5.73 Å². The molecule has 0 bridgehead atoms. The van der Waals surface area contributed by atoms with E-state index >= 15 is 0 Å². The van der Waals surface area contributed by atoms with Crippen LogP contribution in [0.25, 0.3) is 11.4 Å². The van der Waals surface area contributed by atoms with Crippen molar-refractivity contribution in [1.82, 2.24) is 20.2 Å². The third kappa shape index (κ3) is 3.72. The number of nitrogens with zero attached hydrogens (tertiary/aromatic N) is 4. The third-order valence-corrected chi connectivity index (χ3v) is 2.95. The molecule has 21 heavy (non-hydrogen) atoms. The van der Waals surface area contributed by atoms with Crippen molar-refractivity contribution >= 4 is 5.69 Å². The molecular weight excluding hydrogens is 280 g/mol. The van der Waals surface area contributed by atoms with Crippen LogP contribution in [-0.4, -0.2) is 33.4 Å². The van der Waals surface area contributed by atoms with Gasteiger partial charge in [-0.15, -0.1) is 5.10 Å². The largest absolute Gasteiger partial charge is 0.398 e. The van der Waals surface area contributed by atoms with Crippen molar-refractivity contribution in [2.24, 2.45) is 0 Å². The maximum atomic E-state index is 13.3. The summed E-state index contributed by atoms with van der Waals surface area (Å²) >= 11 is 0. The van der Waals surface area contributed by atoms with E-state index in [1.807, 2.05) is 0 Å². The number of benzene rings is 1. The van der Waals surface area contributed by atoms with Crippen LogP contribution in [0, 0.1) is 11.6 Å². The minimum Gasteiger partial charge on any atom is -0.398 e. The van der Waals surface area contributed by atoms with Crippen LogP contribution in [0.2, 0.25) is 0 Å². The zero-order valence-electron chi connectivity index (χ0n) is 11.7. The van der Waals surface area contributed by atoms with Crippen molar-refractivity contribution in [2.75, 3.05) is 18.9 Å². The molecule has 2 aromatic rings. The molecule has 0 saturated carbocycles. The lowest BCUT2D eigenvalue weighted by atomic mass is 10.1. The zero-order chi connectivity index (χ0) is 15.2. The van der Waals surface area contributed by atoms with Gasteiger partial charge in [0.05, 0.1) is 13.2 Å². The van der Waals surface area contributed by atoms with Crippen LogP contribution in [0.3, 0.4) is 0 Å². The van der Waals surface area contributed by atoms with Crippen molar-refractivity contribution in [3.63, 3.8) is 0 Å². The molecule has 8 heteroatoms. The van der Waals surface area contributed by atoms with Gasteiger partial charge >= 0.3 is 0 Å². The van der Waals surface area contributed by atoms with Gasteiger partial charge in [0, 0.05) is 23.9 Å². The first-order valence-electron chi connectivity index (χ1n) is 6.72. The normalized spacial score (nSPS) is 11.0. The topological polar surface area (TPSA) is 78.8 Å². The van der Waals surface area contributed by atoms with E-state index in [1.165, 1.54) is 4.68 Å². The molecule has 0 aliphatic carbocycles. The lowest BCUT2D eigenvalue weighted by molar-refractivity contribution is 0.121. The molecule has 2 rings (SSSR count). The van der Waals surface area contributed by atoms with Gasteiger partial charge in [0.25, 0.3) is 0 Å². The van der Waals surface area contributed by atoms with E-state index in [0.717, 1.165) is 25.0 Å². The molecule has 114 valence electrons. The summed E-state index contributed by atoms with van der Waals surface area (Å²) in [5.41, 5.74) is 6.04. The predicted molar refractivity (Wildman–Crippen MR) is 73.3 cm³/mol. The molecule has 0 fully saturated rings. The summed E-state index contributed by atoms with van der Waals surface area (Å²) in [7, 11) is 0. The first-order valence-corrected chi connectivity index (χ1v) is 6.72. The molecule has 0 saturated heterocycles. The van der Waals surface area contributed by atoms with Gasteiger partial charge in [-0.1, -0.05) is 13.3 Å². The van der Waals surface area contributed by atoms with Crippen LogP contribution in [0.1, 0.15) is 19.8 Å². The van der Waals surface area contributed by atoms with Gasteiger partial charge in [-0.05, 0) is 22.9 Å². The number of ether oxygens (including phenoxy) is 1. The van der Waals surface area contributed by atoms with E-state index in [0.29, 0.717) is 19.8 Å². The molecule has 0 aliphatic rings. The molecule has 0 aliphatic heterocycles. The minimum atomic E-state index is -1.00. The fraction of sp³-hybridized carbons (Fsp3) is 0.462. The molecule has 1 heterocycles. The Morgan fingerprint density at radius 3 is 2.76 bits per heavy atom.